The lowest BCUT2D eigenvalue weighted by Crippen LogP contribution is -2.08. The highest BCUT2D eigenvalue weighted by molar-refractivity contribution is 7.18. The van der Waals surface area contributed by atoms with Gasteiger partial charge < -0.3 is 11.1 Å². The second-order valence-corrected chi connectivity index (χ2v) is 6.34. The minimum Gasteiger partial charge on any atom is -0.362 e. The topological polar surface area (TPSA) is 89.6 Å². The Labute approximate surface area is 145 Å². The van der Waals surface area contributed by atoms with Crippen molar-refractivity contribution in [2.45, 2.75) is 19.6 Å². The van der Waals surface area contributed by atoms with E-state index in [2.05, 4.69) is 25.3 Å². The van der Waals surface area contributed by atoms with Gasteiger partial charge in [-0.3, -0.25) is 4.98 Å². The predicted molar refractivity (Wildman–Crippen MR) is 89.4 cm³/mol. The Balaban J connectivity index is 1.93. The number of aryl methyl sites for hydroxylation is 1. The summed E-state index contributed by atoms with van der Waals surface area (Å²) >= 11 is 6.95. The van der Waals surface area contributed by atoms with E-state index >= 15 is 0 Å². The maximum absolute atomic E-state index is 14.0. The average molecular weight is 371 g/mol. The molecule has 0 unspecified atom stereocenters. The van der Waals surface area contributed by atoms with E-state index in [4.69, 9.17) is 17.3 Å². The summed E-state index contributed by atoms with van der Waals surface area (Å²) in [6.07, 6.45) is 0.139. The number of fused-ring (bicyclic) bond motifs is 1. The van der Waals surface area contributed by atoms with Crippen molar-refractivity contribution in [3.8, 4) is 0 Å². The molecule has 10 heteroatoms. The number of aromatic nitrogens is 4. The monoisotopic (exact) mass is 370 g/mol. The number of nitrogens with two attached hydrogens (primary N) is 1. The Hall–Kier alpha value is -1.97. The van der Waals surface area contributed by atoms with Gasteiger partial charge in [-0.1, -0.05) is 11.3 Å². The van der Waals surface area contributed by atoms with Crippen LogP contribution in [0.15, 0.2) is 12.3 Å². The van der Waals surface area contributed by atoms with Gasteiger partial charge in [0.2, 0.25) is 5.28 Å². The third kappa shape index (κ3) is 3.28. The maximum Gasteiger partial charge on any atom is 0.225 e. The number of hydrogen-bond donors (Lipinski definition) is 2. The largest absolute Gasteiger partial charge is 0.362 e. The van der Waals surface area contributed by atoms with Crippen molar-refractivity contribution in [2.24, 2.45) is 5.73 Å². The van der Waals surface area contributed by atoms with Crippen molar-refractivity contribution >= 4 is 39.1 Å². The molecule has 3 aromatic rings. The minimum absolute atomic E-state index is 0.0129. The zero-order valence-electron chi connectivity index (χ0n) is 12.6. The summed E-state index contributed by atoms with van der Waals surface area (Å²) in [5, 5.41) is 3.12. The van der Waals surface area contributed by atoms with E-state index in [-0.39, 0.29) is 29.1 Å². The highest BCUT2D eigenvalue weighted by atomic mass is 35.5. The van der Waals surface area contributed by atoms with Crippen LogP contribution in [-0.4, -0.2) is 26.5 Å². The fourth-order valence-electron chi connectivity index (χ4n) is 2.06. The van der Waals surface area contributed by atoms with E-state index in [0.717, 1.165) is 11.3 Å². The first-order valence-electron chi connectivity index (χ1n) is 7.01. The number of hydrogen-bond acceptors (Lipinski definition) is 7. The van der Waals surface area contributed by atoms with Gasteiger partial charge in [0.25, 0.3) is 0 Å². The van der Waals surface area contributed by atoms with E-state index in [1.807, 2.05) is 0 Å². The molecule has 0 saturated heterocycles. The van der Waals surface area contributed by atoms with Crippen molar-refractivity contribution in [1.29, 1.82) is 0 Å². The Morgan fingerprint density at radius 2 is 2.17 bits per heavy atom. The third-order valence-corrected chi connectivity index (χ3v) is 4.50. The van der Waals surface area contributed by atoms with Crippen LogP contribution in [0.4, 0.5) is 14.6 Å². The summed E-state index contributed by atoms with van der Waals surface area (Å²) in [6, 6.07) is 1.58. The molecule has 0 fully saturated rings. The number of alkyl halides is 1. The smallest absolute Gasteiger partial charge is 0.225 e. The highest BCUT2D eigenvalue weighted by Crippen LogP contribution is 2.31. The van der Waals surface area contributed by atoms with Crippen LogP contribution in [0.1, 0.15) is 22.4 Å². The molecule has 6 nitrogen and oxygen atoms in total. The van der Waals surface area contributed by atoms with E-state index in [1.165, 1.54) is 6.20 Å². The number of rotatable bonds is 5. The minimum atomic E-state index is -1.38. The fourth-order valence-corrected chi connectivity index (χ4v) is 3.21. The van der Waals surface area contributed by atoms with Gasteiger partial charge in [-0.2, -0.15) is 4.98 Å². The van der Waals surface area contributed by atoms with Crippen LogP contribution in [0.25, 0.3) is 10.3 Å². The zero-order valence-corrected chi connectivity index (χ0v) is 14.1. The summed E-state index contributed by atoms with van der Waals surface area (Å²) in [7, 11) is 0. The van der Waals surface area contributed by atoms with Crippen molar-refractivity contribution in [3.05, 3.63) is 39.6 Å². The molecule has 0 radical (unpaired) electrons. The first kappa shape index (κ1) is 16.9. The molecular formula is C14H13ClF2N6S. The molecule has 1 atom stereocenters. The summed E-state index contributed by atoms with van der Waals surface area (Å²) in [5.74, 6) is -0.105. The first-order valence-corrected chi connectivity index (χ1v) is 8.21. The zero-order chi connectivity index (χ0) is 17.3. The van der Waals surface area contributed by atoms with Crippen LogP contribution in [0.5, 0.6) is 0 Å². The molecule has 0 aromatic carbocycles. The van der Waals surface area contributed by atoms with Gasteiger partial charge in [0.1, 0.15) is 16.3 Å². The number of nitrogens with one attached hydrogen (secondary N) is 1. The third-order valence-electron chi connectivity index (χ3n) is 3.30. The summed E-state index contributed by atoms with van der Waals surface area (Å²) in [6.45, 7) is 1.56. The quantitative estimate of drug-likeness (QED) is 0.670. The lowest BCUT2D eigenvalue weighted by atomic mass is 10.2. The molecule has 0 amide bonds. The van der Waals surface area contributed by atoms with Gasteiger partial charge in [-0.05, 0) is 30.2 Å². The van der Waals surface area contributed by atoms with Crippen LogP contribution in [0.2, 0.25) is 5.28 Å². The van der Waals surface area contributed by atoms with Gasteiger partial charge >= 0.3 is 0 Å². The Morgan fingerprint density at radius 1 is 1.38 bits per heavy atom. The van der Waals surface area contributed by atoms with Gasteiger partial charge in [0, 0.05) is 12.7 Å². The molecule has 3 aromatic heterocycles. The van der Waals surface area contributed by atoms with Crippen molar-refractivity contribution < 1.29 is 8.78 Å². The Morgan fingerprint density at radius 3 is 2.92 bits per heavy atom. The molecule has 3 heterocycles. The van der Waals surface area contributed by atoms with Crippen molar-refractivity contribution in [2.75, 3.05) is 11.9 Å². The van der Waals surface area contributed by atoms with E-state index in [1.54, 1.807) is 13.0 Å². The summed E-state index contributed by atoms with van der Waals surface area (Å²) in [5.41, 5.74) is 6.42. The summed E-state index contributed by atoms with van der Waals surface area (Å²) in [4.78, 5) is 16.7. The standard InChI is InChI=1S/C14H13ClF2N6S/c1-6-2-3-19-8(9(6)17)5-20-11-10-13(23-14(15)22-11)24-12(21-10)7(16)4-18/h2-3,7H,4-5,18H2,1H3,(H,20,22,23)/t7-/m1/s1. The molecule has 0 aliphatic heterocycles. The molecule has 3 rings (SSSR count). The maximum atomic E-state index is 14.0. The van der Waals surface area contributed by atoms with Gasteiger partial charge in [0.05, 0.1) is 12.2 Å². The van der Waals surface area contributed by atoms with Crippen LogP contribution in [0.3, 0.4) is 0 Å². The highest BCUT2D eigenvalue weighted by Gasteiger charge is 2.18. The van der Waals surface area contributed by atoms with Gasteiger partial charge in [0.15, 0.2) is 16.8 Å². The number of anilines is 1. The molecule has 24 heavy (non-hydrogen) atoms. The van der Waals surface area contributed by atoms with E-state index in [0.29, 0.717) is 21.7 Å². The van der Waals surface area contributed by atoms with Gasteiger partial charge in [-0.25, -0.2) is 18.7 Å². The van der Waals surface area contributed by atoms with Crippen LogP contribution < -0.4 is 11.1 Å². The predicted octanol–water partition coefficient (Wildman–Crippen LogP) is 3.16. The normalized spacial score (nSPS) is 12.5. The number of pyridine rings is 1. The lowest BCUT2D eigenvalue weighted by Gasteiger charge is -2.07. The molecule has 3 N–H and O–H groups in total. The molecular weight excluding hydrogens is 358 g/mol. The molecule has 0 saturated carbocycles. The molecule has 126 valence electrons. The average Bonchev–Trinajstić information content (AvgIpc) is 2.99. The van der Waals surface area contributed by atoms with Crippen LogP contribution in [0, 0.1) is 12.7 Å². The SMILES string of the molecule is Cc1ccnc(CNc2nc(Cl)nc3sc([C@H](F)CN)nc23)c1F. The number of nitrogens with zero attached hydrogens (tertiary/aromatic N) is 4. The Kier molecular flexibility index (Phi) is 4.83. The Bertz CT molecular complexity index is 887. The second kappa shape index (κ2) is 6.88. The molecule has 0 aliphatic rings. The van der Waals surface area contributed by atoms with Gasteiger partial charge in [-0.15, -0.1) is 0 Å². The van der Waals surface area contributed by atoms with Crippen molar-refractivity contribution in [3.63, 3.8) is 0 Å². The fraction of sp³-hybridized carbons (Fsp3) is 0.286. The molecule has 0 spiro atoms. The number of halogens is 3. The molecule has 0 bridgehead atoms. The lowest BCUT2D eigenvalue weighted by molar-refractivity contribution is 0.352. The van der Waals surface area contributed by atoms with Crippen LogP contribution >= 0.6 is 22.9 Å². The van der Waals surface area contributed by atoms with Crippen molar-refractivity contribution in [1.82, 2.24) is 19.9 Å². The number of thiazole rings is 1. The van der Waals surface area contributed by atoms with E-state index in [9.17, 15) is 8.78 Å². The second-order valence-electron chi connectivity index (χ2n) is 4.99. The van der Waals surface area contributed by atoms with Crippen LogP contribution in [-0.2, 0) is 6.54 Å². The first-order chi connectivity index (χ1) is 11.5. The molecule has 0 aliphatic carbocycles. The van der Waals surface area contributed by atoms with E-state index < -0.39 is 12.0 Å². The summed E-state index contributed by atoms with van der Waals surface area (Å²) < 4.78 is 27.8.